The monoisotopic (exact) mass is 588 g/mol. The van der Waals surface area contributed by atoms with Gasteiger partial charge in [-0.1, -0.05) is 35.9 Å². The normalized spacial score (nSPS) is 19.6. The number of halogens is 1. The van der Waals surface area contributed by atoms with Gasteiger partial charge >= 0.3 is 17.4 Å². The van der Waals surface area contributed by atoms with E-state index in [-0.39, 0.29) is 37.3 Å². The second-order valence-electron chi connectivity index (χ2n) is 8.33. The van der Waals surface area contributed by atoms with E-state index in [4.69, 9.17) is 16.3 Å². The fourth-order valence-electron chi connectivity index (χ4n) is 4.19. The van der Waals surface area contributed by atoms with E-state index in [0.717, 1.165) is 0 Å². The Morgan fingerprint density at radius 1 is 1.10 bits per heavy atom. The summed E-state index contributed by atoms with van der Waals surface area (Å²) in [5.74, 6) is -1.91. The first-order valence-corrected chi connectivity index (χ1v) is 13.7. The third-order valence-corrected chi connectivity index (χ3v) is 8.91. The van der Waals surface area contributed by atoms with E-state index in [1.165, 1.54) is 67.6 Å². The molecule has 1 unspecified atom stereocenters. The predicted octanol–water partition coefficient (Wildman–Crippen LogP) is 3.96. The number of aryl methyl sites for hydroxylation is 1. The molecular weight excluding hydrogens is 572 g/mol. The average Bonchev–Trinajstić information content (AvgIpc) is 2.82. The molecule has 0 aromatic heterocycles. The number of carboxylic acid groups (broad SMARTS) is 1. The van der Waals surface area contributed by atoms with Crippen molar-refractivity contribution in [2.45, 2.75) is 21.9 Å². The van der Waals surface area contributed by atoms with Gasteiger partial charge in [-0.2, -0.15) is 0 Å². The molecule has 2 aliphatic heterocycles. The molecule has 0 fully saturated rings. The zero-order chi connectivity index (χ0) is 28.1. The van der Waals surface area contributed by atoms with Gasteiger partial charge in [-0.05, 0) is 60.6 Å². The van der Waals surface area contributed by atoms with Crippen molar-refractivity contribution in [2.24, 2.45) is 0 Å². The van der Waals surface area contributed by atoms with Crippen molar-refractivity contribution in [3.05, 3.63) is 82.4 Å². The number of ether oxygens (including phenoxy) is 1. The van der Waals surface area contributed by atoms with E-state index in [2.05, 4.69) is 15.4 Å². The molecule has 3 aromatic rings. The number of amides is 4. The highest BCUT2D eigenvalue weighted by Gasteiger charge is 2.51. The standard InChI is InChI=1S/C24H17ClN4O8S2/c1-12-10-13(25)11-18-19(12)39(35,36)28-24(38-18)27-20(30)15-7-3-5-9-17(15)29(23(34)37-24)21(31)14-6-2-4-8-16(14)26-22(32)33/h2-11,26,28H,1H3,(H,27,30)(H,32,33). The van der Waals surface area contributed by atoms with Gasteiger partial charge in [0.05, 0.1) is 27.4 Å². The summed E-state index contributed by atoms with van der Waals surface area (Å²) in [6.07, 6.45) is -2.81. The Kier molecular flexibility index (Phi) is 6.50. The maximum atomic E-state index is 13.7. The van der Waals surface area contributed by atoms with Crippen LogP contribution in [0.15, 0.2) is 70.5 Å². The van der Waals surface area contributed by atoms with Gasteiger partial charge in [0.15, 0.2) is 0 Å². The first-order valence-electron chi connectivity index (χ1n) is 11.0. The Labute approximate surface area is 230 Å². The summed E-state index contributed by atoms with van der Waals surface area (Å²) in [5, 5.41) is 11.5. The summed E-state index contributed by atoms with van der Waals surface area (Å²) in [5.41, 5.74) is -0.369. The molecule has 200 valence electrons. The van der Waals surface area contributed by atoms with E-state index in [1.807, 2.05) is 0 Å². The minimum Gasteiger partial charge on any atom is -0.465 e. The van der Waals surface area contributed by atoms with E-state index < -0.39 is 39.2 Å². The lowest BCUT2D eigenvalue weighted by Crippen LogP contribution is -2.64. The van der Waals surface area contributed by atoms with Crippen LogP contribution in [-0.2, 0) is 14.8 Å². The third kappa shape index (κ3) is 4.78. The molecule has 0 bridgehead atoms. The average molecular weight is 589 g/mol. The number of fused-ring (bicyclic) bond motifs is 2. The van der Waals surface area contributed by atoms with Crippen LogP contribution in [0.3, 0.4) is 0 Å². The number of imide groups is 1. The number of hydrogen-bond acceptors (Lipinski definition) is 8. The van der Waals surface area contributed by atoms with Crippen molar-refractivity contribution in [3.63, 3.8) is 0 Å². The van der Waals surface area contributed by atoms with Crippen LogP contribution in [0.25, 0.3) is 0 Å². The Morgan fingerprint density at radius 3 is 2.54 bits per heavy atom. The van der Waals surface area contributed by atoms with Crippen LogP contribution in [-0.4, -0.2) is 42.7 Å². The molecule has 1 spiro atoms. The van der Waals surface area contributed by atoms with Crippen LogP contribution in [0.5, 0.6) is 0 Å². The molecule has 39 heavy (non-hydrogen) atoms. The van der Waals surface area contributed by atoms with E-state index in [9.17, 15) is 32.7 Å². The minimum atomic E-state index is -4.36. The highest BCUT2D eigenvalue weighted by Crippen LogP contribution is 2.44. The summed E-state index contributed by atoms with van der Waals surface area (Å²) in [7, 11) is -4.36. The van der Waals surface area contributed by atoms with Crippen LogP contribution in [0.2, 0.25) is 5.02 Å². The second kappa shape index (κ2) is 9.57. The molecule has 12 nitrogen and oxygen atoms in total. The Balaban J connectivity index is 1.65. The summed E-state index contributed by atoms with van der Waals surface area (Å²) >= 11 is 6.80. The summed E-state index contributed by atoms with van der Waals surface area (Å²) in [6.45, 7) is 1.53. The SMILES string of the molecule is Cc1cc(Cl)cc2c1S(=O)(=O)NC1(NC(=O)c3ccccc3N(C(=O)c3ccccc3NC(=O)O)C(=O)O1)S2. The van der Waals surface area contributed by atoms with E-state index >= 15 is 0 Å². The number of thioether (sulfide) groups is 1. The number of benzene rings is 3. The van der Waals surface area contributed by atoms with Crippen molar-refractivity contribution < 1.29 is 37.4 Å². The molecule has 4 amide bonds. The molecule has 2 heterocycles. The van der Waals surface area contributed by atoms with Crippen molar-refractivity contribution in [1.82, 2.24) is 10.0 Å². The van der Waals surface area contributed by atoms with Crippen molar-refractivity contribution in [2.75, 3.05) is 10.2 Å². The topological polar surface area (TPSA) is 171 Å². The quantitative estimate of drug-likeness (QED) is 0.346. The smallest absolute Gasteiger partial charge is 0.425 e. The molecule has 15 heteroatoms. The minimum absolute atomic E-state index is 0.0922. The maximum Gasteiger partial charge on any atom is 0.425 e. The molecule has 1 atom stereocenters. The lowest BCUT2D eigenvalue weighted by molar-refractivity contribution is 0.0423. The van der Waals surface area contributed by atoms with Crippen LogP contribution in [0, 0.1) is 6.92 Å². The van der Waals surface area contributed by atoms with Gasteiger partial charge in [0.2, 0.25) is 10.0 Å². The first kappa shape index (κ1) is 26.5. The van der Waals surface area contributed by atoms with Crippen molar-refractivity contribution in [1.29, 1.82) is 0 Å². The molecule has 3 aromatic carbocycles. The zero-order valence-corrected chi connectivity index (χ0v) is 22.1. The van der Waals surface area contributed by atoms with E-state index in [0.29, 0.717) is 22.2 Å². The molecule has 4 N–H and O–H groups in total. The number of carbonyl (C=O) groups excluding carboxylic acids is 3. The number of nitrogens with zero attached hydrogens (tertiary/aromatic N) is 1. The third-order valence-electron chi connectivity index (χ3n) is 5.68. The van der Waals surface area contributed by atoms with Crippen LogP contribution in [0.1, 0.15) is 26.3 Å². The number of para-hydroxylation sites is 2. The Hall–Kier alpha value is -4.11. The molecule has 2 aliphatic rings. The van der Waals surface area contributed by atoms with Gasteiger partial charge in [-0.3, -0.25) is 20.2 Å². The van der Waals surface area contributed by atoms with Gasteiger partial charge in [-0.15, -0.1) is 4.72 Å². The summed E-state index contributed by atoms with van der Waals surface area (Å²) < 4.78 is 34.3. The van der Waals surface area contributed by atoms with Gasteiger partial charge in [0, 0.05) is 9.92 Å². The van der Waals surface area contributed by atoms with Crippen molar-refractivity contribution in [3.8, 4) is 0 Å². The lowest BCUT2D eigenvalue weighted by atomic mass is 10.1. The van der Waals surface area contributed by atoms with Crippen LogP contribution in [0.4, 0.5) is 21.0 Å². The number of rotatable bonds is 2. The summed E-state index contributed by atoms with van der Waals surface area (Å²) in [6, 6.07) is 13.9. The molecule has 0 radical (unpaired) electrons. The van der Waals surface area contributed by atoms with Crippen LogP contribution >= 0.6 is 23.4 Å². The Morgan fingerprint density at radius 2 is 1.79 bits per heavy atom. The van der Waals surface area contributed by atoms with Crippen molar-refractivity contribution >= 4 is 68.8 Å². The predicted molar refractivity (Wildman–Crippen MR) is 140 cm³/mol. The highest BCUT2D eigenvalue weighted by molar-refractivity contribution is 8.03. The van der Waals surface area contributed by atoms with Gasteiger partial charge in [0.1, 0.15) is 0 Å². The summed E-state index contributed by atoms with van der Waals surface area (Å²) in [4.78, 5) is 52.6. The Bertz CT molecular complexity index is 1700. The van der Waals surface area contributed by atoms with Gasteiger partial charge in [-0.25, -0.2) is 22.9 Å². The number of nitrogens with one attached hydrogen (secondary N) is 3. The first-order chi connectivity index (χ1) is 18.4. The van der Waals surface area contributed by atoms with E-state index in [1.54, 1.807) is 0 Å². The number of hydrogen-bond donors (Lipinski definition) is 4. The van der Waals surface area contributed by atoms with Gasteiger partial charge in [0.25, 0.3) is 11.8 Å². The fraction of sp³-hybridized carbons (Fsp3) is 0.0833. The lowest BCUT2D eigenvalue weighted by Gasteiger charge is -2.40. The molecular formula is C24H17ClN4O8S2. The second-order valence-corrected chi connectivity index (χ2v) is 11.6. The highest BCUT2D eigenvalue weighted by atomic mass is 35.5. The molecule has 0 aliphatic carbocycles. The zero-order valence-electron chi connectivity index (χ0n) is 19.7. The maximum absolute atomic E-state index is 13.7. The number of anilines is 2. The van der Waals surface area contributed by atoms with Gasteiger partial charge < -0.3 is 9.84 Å². The fourth-order valence-corrected chi connectivity index (χ4v) is 7.84. The molecule has 0 saturated carbocycles. The molecule has 5 rings (SSSR count). The molecule has 0 saturated heterocycles. The van der Waals surface area contributed by atoms with Crippen LogP contribution < -0.4 is 20.3 Å². The number of sulfonamides is 1. The largest absolute Gasteiger partial charge is 0.465 e. The number of carbonyl (C=O) groups is 4.